The smallest absolute Gasteiger partial charge is 0.170 e. The maximum absolute atomic E-state index is 12.3. The molecule has 0 saturated carbocycles. The number of halogens is 2. The van der Waals surface area contributed by atoms with Gasteiger partial charge in [0.05, 0.1) is 22.7 Å². The lowest BCUT2D eigenvalue weighted by atomic mass is 9.93. The second kappa shape index (κ2) is 10.3. The van der Waals surface area contributed by atoms with Gasteiger partial charge in [0.15, 0.2) is 5.78 Å². The van der Waals surface area contributed by atoms with E-state index in [0.717, 1.165) is 36.9 Å². The first kappa shape index (κ1) is 24.6. The number of ketones is 1. The molecule has 2 aromatic carbocycles. The molecule has 6 nitrogen and oxygen atoms in total. The van der Waals surface area contributed by atoms with Gasteiger partial charge in [-0.3, -0.25) is 9.69 Å². The van der Waals surface area contributed by atoms with E-state index in [2.05, 4.69) is 9.80 Å². The van der Waals surface area contributed by atoms with Gasteiger partial charge in [-0.2, -0.15) is 0 Å². The molecular weight excluding hydrogens is 451 g/mol. The van der Waals surface area contributed by atoms with Gasteiger partial charge < -0.3 is 19.5 Å². The van der Waals surface area contributed by atoms with Crippen LogP contribution in [0.3, 0.4) is 0 Å². The van der Waals surface area contributed by atoms with Gasteiger partial charge in [-0.05, 0) is 38.1 Å². The third-order valence-electron chi connectivity index (χ3n) is 5.70. The van der Waals surface area contributed by atoms with Gasteiger partial charge in [-0.15, -0.1) is 12.4 Å². The molecule has 4 rings (SSSR count). The van der Waals surface area contributed by atoms with E-state index < -0.39 is 11.7 Å². The number of nitrogens with zero attached hydrogens (tertiary/aromatic N) is 2. The number of aliphatic hydroxyl groups excluding tert-OH is 1. The fourth-order valence-electron chi connectivity index (χ4n) is 4.15. The van der Waals surface area contributed by atoms with Crippen LogP contribution in [0.2, 0.25) is 5.02 Å². The number of ether oxygens (including phenoxy) is 2. The van der Waals surface area contributed by atoms with Gasteiger partial charge >= 0.3 is 0 Å². The van der Waals surface area contributed by atoms with Gasteiger partial charge in [-0.1, -0.05) is 23.7 Å². The van der Waals surface area contributed by atoms with Crippen LogP contribution in [0.15, 0.2) is 42.5 Å². The van der Waals surface area contributed by atoms with Crippen molar-refractivity contribution < 1.29 is 19.4 Å². The van der Waals surface area contributed by atoms with Crippen molar-refractivity contribution in [3.8, 4) is 11.5 Å². The number of aliphatic hydroxyl groups is 1. The van der Waals surface area contributed by atoms with Gasteiger partial charge in [0.1, 0.15) is 29.8 Å². The zero-order valence-electron chi connectivity index (χ0n) is 18.4. The van der Waals surface area contributed by atoms with Gasteiger partial charge in [0, 0.05) is 38.8 Å². The lowest BCUT2D eigenvalue weighted by Crippen LogP contribution is -2.49. The molecule has 2 aliphatic rings. The number of β-amino-alcohol motifs (C(OH)–C–C–N with tert-alkyl or cyclic N) is 1. The minimum atomic E-state index is -0.609. The summed E-state index contributed by atoms with van der Waals surface area (Å²) in [6.07, 6.45) is -0.246. The van der Waals surface area contributed by atoms with Crippen molar-refractivity contribution in [3.63, 3.8) is 0 Å². The number of hydrogen-bond acceptors (Lipinski definition) is 6. The molecule has 1 unspecified atom stereocenters. The highest BCUT2D eigenvalue weighted by atomic mass is 35.5. The Morgan fingerprint density at radius 2 is 1.88 bits per heavy atom. The maximum atomic E-state index is 12.3. The summed E-state index contributed by atoms with van der Waals surface area (Å²) in [7, 11) is 0. The molecule has 1 atom stereocenters. The molecular formula is C24H30Cl2N2O4. The van der Waals surface area contributed by atoms with Crippen molar-refractivity contribution in [3.05, 3.63) is 53.1 Å². The Morgan fingerprint density at radius 1 is 1.16 bits per heavy atom. The average molecular weight is 481 g/mol. The maximum Gasteiger partial charge on any atom is 0.170 e. The molecule has 0 radical (unpaired) electrons. The van der Waals surface area contributed by atoms with Crippen LogP contribution in [0.25, 0.3) is 0 Å². The molecule has 2 aromatic rings. The molecule has 0 amide bonds. The standard InChI is InChI=1S/C24H29ClN2O4.ClH/c1-24(2)14-22(29)19-8-7-18(13-23(19)31-24)30-16-17(28)15-26-9-11-27(12-10-26)21-6-4-3-5-20(21)25;/h3-8,13,17,28H,9-12,14-16H2,1-2H3;1H. The number of fused-ring (bicyclic) bond motifs is 1. The number of Topliss-reactive ketones (excluding diaryl/α,β-unsaturated/α-hetero) is 1. The number of benzene rings is 2. The van der Waals surface area contributed by atoms with Gasteiger partial charge in [-0.25, -0.2) is 0 Å². The fourth-order valence-corrected chi connectivity index (χ4v) is 4.40. The van der Waals surface area contributed by atoms with Gasteiger partial charge in [0.2, 0.25) is 0 Å². The van der Waals surface area contributed by atoms with Crippen LogP contribution >= 0.6 is 24.0 Å². The first-order valence-electron chi connectivity index (χ1n) is 10.7. The number of hydrogen-bond donors (Lipinski definition) is 1. The fraction of sp³-hybridized carbons (Fsp3) is 0.458. The highest BCUT2D eigenvalue weighted by Gasteiger charge is 2.32. The Hall–Kier alpha value is -1.99. The zero-order chi connectivity index (χ0) is 22.0. The van der Waals surface area contributed by atoms with E-state index in [4.69, 9.17) is 21.1 Å². The summed E-state index contributed by atoms with van der Waals surface area (Å²) < 4.78 is 11.7. The molecule has 0 aromatic heterocycles. The summed E-state index contributed by atoms with van der Waals surface area (Å²) in [5, 5.41) is 11.2. The first-order valence-corrected chi connectivity index (χ1v) is 11.1. The average Bonchev–Trinajstić information content (AvgIpc) is 2.72. The summed E-state index contributed by atoms with van der Waals surface area (Å²) in [6, 6.07) is 13.1. The highest BCUT2D eigenvalue weighted by molar-refractivity contribution is 6.33. The Morgan fingerprint density at radius 3 is 2.59 bits per heavy atom. The molecule has 1 saturated heterocycles. The third-order valence-corrected chi connectivity index (χ3v) is 6.02. The summed E-state index contributed by atoms with van der Waals surface area (Å²) >= 11 is 6.31. The van der Waals surface area contributed by atoms with Crippen molar-refractivity contribution >= 4 is 35.5 Å². The van der Waals surface area contributed by atoms with E-state index in [1.807, 2.05) is 38.1 Å². The van der Waals surface area contributed by atoms with Gasteiger partial charge in [0.25, 0.3) is 0 Å². The molecule has 2 aliphatic heterocycles. The molecule has 8 heteroatoms. The predicted octanol–water partition coefficient (Wildman–Crippen LogP) is 4.07. The van der Waals surface area contributed by atoms with E-state index in [1.54, 1.807) is 18.2 Å². The topological polar surface area (TPSA) is 62.2 Å². The van der Waals surface area contributed by atoms with E-state index in [0.29, 0.717) is 30.0 Å². The van der Waals surface area contributed by atoms with Crippen LogP contribution in [0, 0.1) is 0 Å². The molecule has 2 heterocycles. The summed E-state index contributed by atoms with van der Waals surface area (Å²) in [5.74, 6) is 1.21. The highest BCUT2D eigenvalue weighted by Crippen LogP contribution is 2.35. The third kappa shape index (κ3) is 5.87. The monoisotopic (exact) mass is 480 g/mol. The first-order chi connectivity index (χ1) is 14.8. The molecule has 0 aliphatic carbocycles. The lowest BCUT2D eigenvalue weighted by Gasteiger charge is -2.37. The molecule has 0 bridgehead atoms. The van der Waals surface area contributed by atoms with E-state index in [1.165, 1.54) is 0 Å². The van der Waals surface area contributed by atoms with Crippen LogP contribution in [-0.2, 0) is 0 Å². The Balaban J connectivity index is 0.00000289. The molecule has 0 spiro atoms. The van der Waals surface area contributed by atoms with Crippen LogP contribution in [-0.4, -0.2) is 66.8 Å². The lowest BCUT2D eigenvalue weighted by molar-refractivity contribution is 0.0596. The number of anilines is 1. The van der Waals surface area contributed by atoms with Crippen LogP contribution in [0.4, 0.5) is 5.69 Å². The zero-order valence-corrected chi connectivity index (χ0v) is 20.0. The number of piperazine rings is 1. The molecule has 174 valence electrons. The van der Waals surface area contributed by atoms with Crippen molar-refractivity contribution in [2.45, 2.75) is 32.0 Å². The molecule has 32 heavy (non-hydrogen) atoms. The normalized spacial score (nSPS) is 18.9. The van der Waals surface area contributed by atoms with Crippen molar-refractivity contribution in [2.75, 3.05) is 44.2 Å². The number of para-hydroxylation sites is 1. The molecule has 1 N–H and O–H groups in total. The quantitative estimate of drug-likeness (QED) is 0.672. The minimum absolute atomic E-state index is 0. The van der Waals surface area contributed by atoms with Crippen molar-refractivity contribution in [1.82, 2.24) is 4.90 Å². The number of rotatable bonds is 6. The predicted molar refractivity (Wildman–Crippen MR) is 129 cm³/mol. The van der Waals surface area contributed by atoms with Crippen molar-refractivity contribution in [1.29, 1.82) is 0 Å². The van der Waals surface area contributed by atoms with Crippen LogP contribution < -0.4 is 14.4 Å². The minimum Gasteiger partial charge on any atom is -0.491 e. The van der Waals surface area contributed by atoms with Crippen LogP contribution in [0.1, 0.15) is 30.6 Å². The van der Waals surface area contributed by atoms with E-state index in [-0.39, 0.29) is 24.8 Å². The molecule has 1 fully saturated rings. The van der Waals surface area contributed by atoms with Crippen molar-refractivity contribution in [2.24, 2.45) is 0 Å². The SMILES string of the molecule is CC1(C)CC(=O)c2ccc(OCC(O)CN3CCN(c4ccccc4Cl)CC3)cc2O1.Cl. The second-order valence-electron chi connectivity index (χ2n) is 8.82. The van der Waals surface area contributed by atoms with Crippen LogP contribution in [0.5, 0.6) is 11.5 Å². The summed E-state index contributed by atoms with van der Waals surface area (Å²) in [5.41, 5.74) is 1.13. The van der Waals surface area contributed by atoms with E-state index >= 15 is 0 Å². The summed E-state index contributed by atoms with van der Waals surface area (Å²) in [6.45, 7) is 7.96. The summed E-state index contributed by atoms with van der Waals surface area (Å²) in [4.78, 5) is 16.8. The second-order valence-corrected chi connectivity index (χ2v) is 9.23. The number of carbonyl (C=O) groups excluding carboxylic acids is 1. The Bertz CT molecular complexity index is 945. The number of carbonyl (C=O) groups is 1. The Labute approximate surface area is 200 Å². The van der Waals surface area contributed by atoms with E-state index in [9.17, 15) is 9.90 Å². The Kier molecular flexibility index (Phi) is 7.93. The largest absolute Gasteiger partial charge is 0.491 e.